The second kappa shape index (κ2) is 10.9. The summed E-state index contributed by atoms with van der Waals surface area (Å²) in [5, 5.41) is 7.18. The van der Waals surface area contributed by atoms with Crippen LogP contribution in [0.2, 0.25) is 0 Å². The number of carbonyl (C=O) groups is 2. The Balaban J connectivity index is 1.27. The summed E-state index contributed by atoms with van der Waals surface area (Å²) >= 11 is 5.39. The first-order valence-corrected chi connectivity index (χ1v) is 12.0. The van der Waals surface area contributed by atoms with Crippen molar-refractivity contribution in [2.24, 2.45) is 0 Å². The molecule has 0 aliphatic carbocycles. The number of likely N-dealkylation sites (tertiary alicyclic amines) is 1. The maximum atomic E-state index is 12.8. The third kappa shape index (κ3) is 5.80. The Bertz CT molecular complexity index is 1000. The molecule has 3 heterocycles. The molecule has 2 aliphatic heterocycles. The second-order valence-electron chi connectivity index (χ2n) is 8.58. The zero-order valence-corrected chi connectivity index (χ0v) is 20.0. The molecular formula is C23H32N6O3S. The van der Waals surface area contributed by atoms with Crippen LogP contribution in [-0.2, 0) is 16.1 Å². The molecule has 0 spiro atoms. The highest BCUT2D eigenvalue weighted by atomic mass is 32.1. The van der Waals surface area contributed by atoms with E-state index in [2.05, 4.69) is 15.1 Å². The molecule has 2 aromatic rings. The minimum Gasteiger partial charge on any atom is -0.497 e. The number of piperazine rings is 1. The highest BCUT2D eigenvalue weighted by Gasteiger charge is 2.25. The molecule has 2 fully saturated rings. The van der Waals surface area contributed by atoms with Gasteiger partial charge in [-0.05, 0) is 55.7 Å². The van der Waals surface area contributed by atoms with E-state index in [4.69, 9.17) is 17.0 Å². The third-order valence-electron chi connectivity index (χ3n) is 6.45. The van der Waals surface area contributed by atoms with Gasteiger partial charge in [0, 0.05) is 57.8 Å². The highest BCUT2D eigenvalue weighted by Crippen LogP contribution is 2.21. The van der Waals surface area contributed by atoms with E-state index in [0.717, 1.165) is 50.3 Å². The van der Waals surface area contributed by atoms with E-state index in [0.29, 0.717) is 43.2 Å². The lowest BCUT2D eigenvalue weighted by atomic mass is 10.1. The lowest BCUT2D eigenvalue weighted by molar-refractivity contribution is -0.135. The smallest absolute Gasteiger partial charge is 0.236 e. The van der Waals surface area contributed by atoms with Gasteiger partial charge in [0.25, 0.3) is 0 Å². The van der Waals surface area contributed by atoms with Gasteiger partial charge in [-0.25, -0.2) is 0 Å². The molecule has 2 amide bonds. The summed E-state index contributed by atoms with van der Waals surface area (Å²) in [5.74, 6) is 1.79. The molecule has 0 saturated carbocycles. The fourth-order valence-electron chi connectivity index (χ4n) is 4.44. The van der Waals surface area contributed by atoms with Crippen LogP contribution in [0.15, 0.2) is 24.3 Å². The Morgan fingerprint density at radius 1 is 0.970 bits per heavy atom. The maximum Gasteiger partial charge on any atom is 0.236 e. The van der Waals surface area contributed by atoms with Crippen molar-refractivity contribution in [3.8, 4) is 17.1 Å². The molecule has 1 aromatic heterocycles. The van der Waals surface area contributed by atoms with E-state index in [1.54, 1.807) is 7.11 Å². The SMILES string of the molecule is COc1ccc(-c2n[nH]c(=S)n2CCC(=O)N2CCN(CC(=O)N3CCCCC3)CC2)cc1. The van der Waals surface area contributed by atoms with Gasteiger partial charge in [-0.1, -0.05) is 0 Å². The number of rotatable bonds is 7. The Hall–Kier alpha value is -2.72. The van der Waals surface area contributed by atoms with Crippen LogP contribution in [-0.4, -0.2) is 94.2 Å². The van der Waals surface area contributed by atoms with Crippen LogP contribution in [0.1, 0.15) is 25.7 Å². The third-order valence-corrected chi connectivity index (χ3v) is 6.76. The molecule has 4 rings (SSSR count). The zero-order valence-electron chi connectivity index (χ0n) is 19.2. The van der Waals surface area contributed by atoms with Crippen LogP contribution in [0.3, 0.4) is 0 Å². The first-order chi connectivity index (χ1) is 16.0. The average molecular weight is 473 g/mol. The number of methoxy groups -OCH3 is 1. The zero-order chi connectivity index (χ0) is 23.2. The van der Waals surface area contributed by atoms with E-state index in [1.807, 2.05) is 38.6 Å². The number of benzene rings is 1. The Morgan fingerprint density at radius 2 is 1.64 bits per heavy atom. The van der Waals surface area contributed by atoms with Gasteiger partial charge in [-0.15, -0.1) is 0 Å². The van der Waals surface area contributed by atoms with Crippen molar-refractivity contribution in [2.45, 2.75) is 32.2 Å². The largest absolute Gasteiger partial charge is 0.497 e. The second-order valence-corrected chi connectivity index (χ2v) is 8.97. The predicted molar refractivity (Wildman–Crippen MR) is 127 cm³/mol. The molecule has 10 heteroatoms. The van der Waals surface area contributed by atoms with Crippen molar-refractivity contribution in [1.29, 1.82) is 0 Å². The lowest BCUT2D eigenvalue weighted by Crippen LogP contribution is -2.52. The number of aromatic nitrogens is 3. The molecule has 0 bridgehead atoms. The number of hydrogen-bond donors (Lipinski definition) is 1. The van der Waals surface area contributed by atoms with Gasteiger partial charge in [0.2, 0.25) is 11.8 Å². The number of ether oxygens (including phenoxy) is 1. The number of aromatic amines is 1. The molecule has 0 radical (unpaired) electrons. The fourth-order valence-corrected chi connectivity index (χ4v) is 4.66. The standard InChI is InChI=1S/C23H32N6O3S/c1-32-19-7-5-18(6-8-19)22-24-25-23(33)29(22)12-9-20(30)28-15-13-26(14-16-28)17-21(31)27-10-3-2-4-11-27/h5-8H,2-4,9-17H2,1H3,(H,25,33). The van der Waals surface area contributed by atoms with E-state index in [9.17, 15) is 9.59 Å². The summed E-state index contributed by atoms with van der Waals surface area (Å²) in [4.78, 5) is 31.4. The number of hydrogen-bond acceptors (Lipinski definition) is 6. The summed E-state index contributed by atoms with van der Waals surface area (Å²) in [5.41, 5.74) is 0.905. The van der Waals surface area contributed by atoms with E-state index in [-0.39, 0.29) is 11.8 Å². The van der Waals surface area contributed by atoms with Crippen molar-refractivity contribution in [3.63, 3.8) is 0 Å². The van der Waals surface area contributed by atoms with Crippen LogP contribution in [0.5, 0.6) is 5.75 Å². The Labute approximate surface area is 199 Å². The first kappa shape index (κ1) is 23.4. The normalized spacial score (nSPS) is 17.2. The number of nitrogens with zero attached hydrogens (tertiary/aromatic N) is 5. The van der Waals surface area contributed by atoms with E-state index < -0.39 is 0 Å². The van der Waals surface area contributed by atoms with Crippen molar-refractivity contribution in [1.82, 2.24) is 29.5 Å². The van der Waals surface area contributed by atoms with Gasteiger partial charge >= 0.3 is 0 Å². The minimum absolute atomic E-state index is 0.0980. The number of nitrogens with one attached hydrogen (secondary N) is 1. The van der Waals surface area contributed by atoms with Crippen LogP contribution >= 0.6 is 12.2 Å². The number of amides is 2. The Morgan fingerprint density at radius 3 is 2.30 bits per heavy atom. The molecular weight excluding hydrogens is 440 g/mol. The lowest BCUT2D eigenvalue weighted by Gasteiger charge is -2.36. The first-order valence-electron chi connectivity index (χ1n) is 11.6. The van der Waals surface area contributed by atoms with Crippen LogP contribution in [0.4, 0.5) is 0 Å². The summed E-state index contributed by atoms with van der Waals surface area (Å²) in [6, 6.07) is 7.59. The number of piperidine rings is 1. The van der Waals surface area contributed by atoms with Crippen molar-refractivity contribution < 1.29 is 14.3 Å². The highest BCUT2D eigenvalue weighted by molar-refractivity contribution is 7.71. The average Bonchev–Trinajstić information content (AvgIpc) is 3.23. The topological polar surface area (TPSA) is 86.7 Å². The fraction of sp³-hybridized carbons (Fsp3) is 0.565. The van der Waals surface area contributed by atoms with Gasteiger partial charge < -0.3 is 14.5 Å². The van der Waals surface area contributed by atoms with Crippen LogP contribution in [0.25, 0.3) is 11.4 Å². The maximum absolute atomic E-state index is 12.8. The molecule has 0 atom stereocenters. The number of carbonyl (C=O) groups excluding carboxylic acids is 2. The molecule has 2 saturated heterocycles. The number of H-pyrrole nitrogens is 1. The van der Waals surface area contributed by atoms with Crippen molar-refractivity contribution in [2.75, 3.05) is 52.9 Å². The van der Waals surface area contributed by atoms with Crippen LogP contribution in [0, 0.1) is 4.77 Å². The van der Waals surface area contributed by atoms with Gasteiger partial charge in [0.15, 0.2) is 10.6 Å². The summed E-state index contributed by atoms with van der Waals surface area (Å²) < 4.78 is 7.57. The minimum atomic E-state index is 0.0980. The molecule has 33 heavy (non-hydrogen) atoms. The van der Waals surface area contributed by atoms with Crippen LogP contribution < -0.4 is 4.74 Å². The monoisotopic (exact) mass is 472 g/mol. The van der Waals surface area contributed by atoms with Gasteiger partial charge in [-0.3, -0.25) is 24.2 Å². The summed E-state index contributed by atoms with van der Waals surface area (Å²) in [6.07, 6.45) is 3.78. The molecule has 1 N–H and O–H groups in total. The molecule has 2 aliphatic rings. The summed E-state index contributed by atoms with van der Waals surface area (Å²) in [7, 11) is 1.63. The van der Waals surface area contributed by atoms with Gasteiger partial charge in [0.05, 0.1) is 13.7 Å². The van der Waals surface area contributed by atoms with Gasteiger partial charge in [-0.2, -0.15) is 5.10 Å². The van der Waals surface area contributed by atoms with Gasteiger partial charge in [0.1, 0.15) is 5.75 Å². The van der Waals surface area contributed by atoms with Crippen molar-refractivity contribution >= 4 is 24.0 Å². The quantitative estimate of drug-likeness (QED) is 0.622. The molecule has 0 unspecified atom stereocenters. The van der Waals surface area contributed by atoms with E-state index in [1.165, 1.54) is 6.42 Å². The Kier molecular flexibility index (Phi) is 7.77. The predicted octanol–water partition coefficient (Wildman–Crippen LogP) is 2.16. The van der Waals surface area contributed by atoms with E-state index >= 15 is 0 Å². The molecule has 178 valence electrons. The molecule has 9 nitrogen and oxygen atoms in total. The molecule has 1 aromatic carbocycles. The summed E-state index contributed by atoms with van der Waals surface area (Å²) in [6.45, 7) is 5.43. The van der Waals surface area contributed by atoms with Crippen molar-refractivity contribution in [3.05, 3.63) is 29.0 Å².